The molecule has 1 N–H and O–H groups in total. The van der Waals surface area contributed by atoms with Gasteiger partial charge in [0.05, 0.1) is 12.0 Å². The number of nitrogens with zero attached hydrogens (tertiary/aromatic N) is 3. The quantitative estimate of drug-likeness (QED) is 0.751. The van der Waals surface area contributed by atoms with Crippen molar-refractivity contribution in [2.75, 3.05) is 19.8 Å². The molecule has 0 fully saturated rings. The molecule has 1 amide bonds. The Hall–Kier alpha value is -2.87. The first-order valence-corrected chi connectivity index (χ1v) is 9.31. The minimum atomic E-state index is -0.270. The fourth-order valence-corrected chi connectivity index (χ4v) is 4.40. The first-order chi connectivity index (χ1) is 12.8. The first kappa shape index (κ1) is 15.4. The summed E-state index contributed by atoms with van der Waals surface area (Å²) in [4.78, 5) is 27.7. The van der Waals surface area contributed by atoms with Crippen LogP contribution in [0.4, 0.5) is 0 Å². The Morgan fingerprint density at radius 1 is 1.35 bits per heavy atom. The lowest BCUT2D eigenvalue weighted by Crippen LogP contribution is -2.40. The van der Waals surface area contributed by atoms with Gasteiger partial charge in [-0.1, -0.05) is 6.07 Å². The zero-order valence-corrected chi connectivity index (χ0v) is 14.7. The topological polar surface area (TPSA) is 80.3 Å². The van der Waals surface area contributed by atoms with Gasteiger partial charge in [-0.25, -0.2) is 4.98 Å². The maximum atomic E-state index is 13.4. The number of thiophene rings is 1. The Labute approximate surface area is 153 Å². The van der Waals surface area contributed by atoms with Gasteiger partial charge in [-0.05, 0) is 11.6 Å². The van der Waals surface area contributed by atoms with E-state index in [4.69, 9.17) is 9.47 Å². The Morgan fingerprint density at radius 3 is 3.15 bits per heavy atom. The molecule has 26 heavy (non-hydrogen) atoms. The molecule has 1 unspecified atom stereocenters. The normalized spacial score (nSPS) is 18.5. The van der Waals surface area contributed by atoms with Crippen molar-refractivity contribution in [3.8, 4) is 11.5 Å². The molecule has 0 saturated carbocycles. The van der Waals surface area contributed by atoms with Crippen LogP contribution in [0.3, 0.4) is 0 Å². The zero-order valence-electron chi connectivity index (χ0n) is 13.8. The van der Waals surface area contributed by atoms with Crippen molar-refractivity contribution in [2.45, 2.75) is 12.5 Å². The summed E-state index contributed by atoms with van der Waals surface area (Å²) in [6.07, 6.45) is 5.94. The van der Waals surface area contributed by atoms with Crippen LogP contribution in [-0.4, -0.2) is 45.5 Å². The second-order valence-electron chi connectivity index (χ2n) is 6.16. The summed E-state index contributed by atoms with van der Waals surface area (Å²) >= 11 is 1.36. The summed E-state index contributed by atoms with van der Waals surface area (Å²) in [5.41, 5.74) is 2.88. The van der Waals surface area contributed by atoms with Crippen LogP contribution in [0, 0.1) is 0 Å². The number of rotatable bonds is 2. The third-order valence-electron chi connectivity index (χ3n) is 4.68. The minimum absolute atomic E-state index is 0.0655. The number of carbonyl (C=O) groups excluding carboxylic acids is 1. The second kappa shape index (κ2) is 6.14. The highest BCUT2D eigenvalue weighted by Gasteiger charge is 2.37. The Balaban J connectivity index is 1.57. The molecule has 0 radical (unpaired) electrons. The first-order valence-electron chi connectivity index (χ1n) is 8.43. The molecule has 0 saturated heterocycles. The summed E-state index contributed by atoms with van der Waals surface area (Å²) < 4.78 is 11.3. The molecule has 0 aromatic carbocycles. The number of H-pyrrole nitrogens is 1. The van der Waals surface area contributed by atoms with E-state index in [0.717, 1.165) is 23.4 Å². The largest absolute Gasteiger partial charge is 0.485 e. The van der Waals surface area contributed by atoms with Crippen LogP contribution >= 0.6 is 11.3 Å². The number of fused-ring (bicyclic) bond motifs is 2. The maximum Gasteiger partial charge on any atom is 0.268 e. The van der Waals surface area contributed by atoms with Crippen LogP contribution in [0.5, 0.6) is 11.5 Å². The molecule has 0 spiro atoms. The van der Waals surface area contributed by atoms with Crippen LogP contribution in [0.2, 0.25) is 0 Å². The fourth-order valence-electron chi connectivity index (χ4n) is 3.51. The van der Waals surface area contributed by atoms with Crippen molar-refractivity contribution in [3.63, 3.8) is 0 Å². The summed E-state index contributed by atoms with van der Waals surface area (Å²) in [7, 11) is 0. The van der Waals surface area contributed by atoms with Gasteiger partial charge in [-0.15, -0.1) is 11.3 Å². The molecule has 1 atom stereocenters. The number of ether oxygens (including phenoxy) is 2. The summed E-state index contributed by atoms with van der Waals surface area (Å²) in [5, 5.41) is 1.84. The molecule has 3 aromatic heterocycles. The maximum absolute atomic E-state index is 13.4. The minimum Gasteiger partial charge on any atom is -0.485 e. The molecule has 2 aliphatic rings. The Morgan fingerprint density at radius 2 is 2.27 bits per heavy atom. The fraction of sp³-hybridized carbons (Fsp3) is 0.278. The summed E-state index contributed by atoms with van der Waals surface area (Å²) in [6.45, 7) is 1.57. The predicted octanol–water partition coefficient (Wildman–Crippen LogP) is 2.43. The van der Waals surface area contributed by atoms with E-state index in [0.29, 0.717) is 36.1 Å². The molecular formula is C18H16N4O3S. The number of aromatic amines is 1. The number of nitrogens with one attached hydrogen (secondary N) is 1. The van der Waals surface area contributed by atoms with E-state index in [1.807, 2.05) is 22.4 Å². The number of carbonyl (C=O) groups is 1. The average Bonchev–Trinajstić information content (AvgIpc) is 3.34. The van der Waals surface area contributed by atoms with Crippen LogP contribution in [0.1, 0.15) is 32.7 Å². The molecule has 3 aromatic rings. The van der Waals surface area contributed by atoms with Gasteiger partial charge in [-0.3, -0.25) is 9.78 Å². The third kappa shape index (κ3) is 2.37. The van der Waals surface area contributed by atoms with Crippen LogP contribution in [-0.2, 0) is 6.42 Å². The number of hydrogen-bond donors (Lipinski definition) is 1. The van der Waals surface area contributed by atoms with Crippen LogP contribution in [0.15, 0.2) is 36.2 Å². The van der Waals surface area contributed by atoms with Gasteiger partial charge in [0.15, 0.2) is 11.5 Å². The number of pyridine rings is 1. The highest BCUT2D eigenvalue weighted by atomic mass is 32.1. The number of hydrogen-bond acceptors (Lipinski definition) is 6. The van der Waals surface area contributed by atoms with E-state index in [2.05, 4.69) is 15.0 Å². The van der Waals surface area contributed by atoms with Crippen molar-refractivity contribution in [2.24, 2.45) is 0 Å². The van der Waals surface area contributed by atoms with Gasteiger partial charge in [-0.2, -0.15) is 0 Å². The van der Waals surface area contributed by atoms with Gasteiger partial charge in [0.1, 0.15) is 24.1 Å². The standard InChI is InChI=1S/C18H16N4O3S/c23-18(17-16-13(9-26-17)24-6-7-25-16)22-5-3-12-14(21-10-20-12)15(22)11-2-1-4-19-8-11/h1-2,4,8-10,15H,3,5-7H2,(H,20,21). The molecule has 8 heteroatoms. The molecule has 5 heterocycles. The van der Waals surface area contributed by atoms with Crippen molar-refractivity contribution < 1.29 is 14.3 Å². The smallest absolute Gasteiger partial charge is 0.268 e. The highest BCUT2D eigenvalue weighted by Crippen LogP contribution is 2.42. The molecule has 7 nitrogen and oxygen atoms in total. The summed E-state index contributed by atoms with van der Waals surface area (Å²) in [5.74, 6) is 1.15. The van der Waals surface area contributed by atoms with E-state index in [-0.39, 0.29) is 11.9 Å². The molecule has 0 bridgehead atoms. The molecular weight excluding hydrogens is 352 g/mol. The van der Waals surface area contributed by atoms with Gasteiger partial charge < -0.3 is 19.4 Å². The monoisotopic (exact) mass is 368 g/mol. The van der Waals surface area contributed by atoms with Crippen molar-refractivity contribution in [1.82, 2.24) is 19.9 Å². The Bertz CT molecular complexity index is 953. The third-order valence-corrected chi connectivity index (χ3v) is 5.61. The lowest BCUT2D eigenvalue weighted by Gasteiger charge is -2.35. The van der Waals surface area contributed by atoms with Gasteiger partial charge >= 0.3 is 0 Å². The van der Waals surface area contributed by atoms with E-state index in [1.54, 1.807) is 18.7 Å². The predicted molar refractivity (Wildman–Crippen MR) is 94.7 cm³/mol. The number of aromatic nitrogens is 3. The SMILES string of the molecule is O=C(c1scc2c1OCCO2)N1CCc2[nH]cnc2C1c1cccnc1. The van der Waals surface area contributed by atoms with E-state index in [1.165, 1.54) is 11.3 Å². The molecule has 2 aliphatic heterocycles. The van der Waals surface area contributed by atoms with E-state index in [9.17, 15) is 4.79 Å². The van der Waals surface area contributed by atoms with Crippen molar-refractivity contribution in [3.05, 3.63) is 58.1 Å². The van der Waals surface area contributed by atoms with Gasteiger partial charge in [0.2, 0.25) is 0 Å². The number of imidazole rings is 1. The lowest BCUT2D eigenvalue weighted by atomic mass is 9.96. The molecule has 0 aliphatic carbocycles. The molecule has 132 valence electrons. The van der Waals surface area contributed by atoms with Crippen LogP contribution < -0.4 is 9.47 Å². The van der Waals surface area contributed by atoms with Crippen molar-refractivity contribution in [1.29, 1.82) is 0 Å². The van der Waals surface area contributed by atoms with Crippen molar-refractivity contribution >= 4 is 17.2 Å². The van der Waals surface area contributed by atoms with Crippen LogP contribution in [0.25, 0.3) is 0 Å². The average molecular weight is 368 g/mol. The van der Waals surface area contributed by atoms with E-state index < -0.39 is 0 Å². The highest BCUT2D eigenvalue weighted by molar-refractivity contribution is 7.12. The number of amides is 1. The van der Waals surface area contributed by atoms with Gasteiger partial charge in [0.25, 0.3) is 5.91 Å². The summed E-state index contributed by atoms with van der Waals surface area (Å²) in [6, 6.07) is 3.59. The lowest BCUT2D eigenvalue weighted by molar-refractivity contribution is 0.0687. The molecule has 5 rings (SSSR count). The Kier molecular flexibility index (Phi) is 3.63. The zero-order chi connectivity index (χ0) is 17.5. The second-order valence-corrected chi connectivity index (χ2v) is 7.04. The van der Waals surface area contributed by atoms with Gasteiger partial charge in [0, 0.05) is 36.4 Å². The van der Waals surface area contributed by atoms with E-state index >= 15 is 0 Å².